The Morgan fingerprint density at radius 2 is 1.50 bits per heavy atom. The molecule has 0 unspecified atom stereocenters. The summed E-state index contributed by atoms with van der Waals surface area (Å²) in [4.78, 5) is 18.3. The Kier molecular flexibility index (Phi) is 13.7. The fourth-order valence-electron chi connectivity index (χ4n) is 0.0393. The second-order valence-corrected chi connectivity index (χ2v) is 0.569. The molecule has 0 aromatic carbocycles. The predicted octanol–water partition coefficient (Wildman–Crippen LogP) is 0.352. The number of halogens is 1. The number of carbonyl (C=O) groups is 2. The van der Waals surface area contributed by atoms with Gasteiger partial charge in [-0.15, -0.1) is 17.0 Å². The zero-order valence-electron chi connectivity index (χ0n) is 3.09. The molecule has 0 aliphatic carbocycles. The van der Waals surface area contributed by atoms with Gasteiger partial charge in [0.1, 0.15) is 12.6 Å². The van der Waals surface area contributed by atoms with E-state index in [4.69, 9.17) is 0 Å². The molecule has 3 heteroatoms. The number of aldehydes is 2. The topological polar surface area (TPSA) is 34.1 Å². The number of hydrogen-bond donors (Lipinski definition) is 0. The summed E-state index contributed by atoms with van der Waals surface area (Å²) in [5.41, 5.74) is 0. The molecule has 0 spiro atoms. The molecule has 0 aromatic heterocycles. The van der Waals surface area contributed by atoms with Crippen molar-refractivity contribution in [3.63, 3.8) is 0 Å². The van der Waals surface area contributed by atoms with E-state index in [2.05, 4.69) is 0 Å². The van der Waals surface area contributed by atoms with E-state index in [9.17, 15) is 9.59 Å². The fraction of sp³-hybridized carbons (Fsp3) is 0.333. The van der Waals surface area contributed by atoms with Crippen molar-refractivity contribution in [1.82, 2.24) is 0 Å². The maximum atomic E-state index is 9.17. The summed E-state index contributed by atoms with van der Waals surface area (Å²) >= 11 is 0. The standard InChI is InChI=1S/C3H4O2.BrH/c4-2-1-3-5;/h2-3H,1H2;1H. The molecule has 6 heavy (non-hydrogen) atoms. The van der Waals surface area contributed by atoms with Gasteiger partial charge in [-0.05, 0) is 0 Å². The lowest BCUT2D eigenvalue weighted by molar-refractivity contribution is -0.114. The van der Waals surface area contributed by atoms with Crippen molar-refractivity contribution in [2.45, 2.75) is 6.42 Å². The van der Waals surface area contributed by atoms with Crippen molar-refractivity contribution in [3.8, 4) is 0 Å². The van der Waals surface area contributed by atoms with E-state index in [1.54, 1.807) is 0 Å². The average molecular weight is 153 g/mol. The maximum absolute atomic E-state index is 9.17. The highest BCUT2D eigenvalue weighted by molar-refractivity contribution is 8.93. The van der Waals surface area contributed by atoms with Gasteiger partial charge in [0.15, 0.2) is 0 Å². The lowest BCUT2D eigenvalue weighted by Crippen LogP contribution is -1.69. The smallest absolute Gasteiger partial charge is 0.127 e. The monoisotopic (exact) mass is 152 g/mol. The largest absolute Gasteiger partial charge is 0.303 e. The van der Waals surface area contributed by atoms with Gasteiger partial charge in [-0.1, -0.05) is 0 Å². The van der Waals surface area contributed by atoms with Crippen LogP contribution in [0, 0.1) is 0 Å². The fourth-order valence-corrected chi connectivity index (χ4v) is 0.0393. The van der Waals surface area contributed by atoms with Gasteiger partial charge in [0, 0.05) is 0 Å². The summed E-state index contributed by atoms with van der Waals surface area (Å²) in [6, 6.07) is 0. The molecule has 0 amide bonds. The number of carbonyl (C=O) groups excluding carboxylic acids is 2. The summed E-state index contributed by atoms with van der Waals surface area (Å²) in [7, 11) is 0. The Labute approximate surface area is 46.3 Å². The molecule has 36 valence electrons. The Bertz CT molecular complexity index is 38.1. The molecule has 0 radical (unpaired) electrons. The molecule has 0 fully saturated rings. The van der Waals surface area contributed by atoms with E-state index in [0.29, 0.717) is 12.6 Å². The van der Waals surface area contributed by atoms with Crippen LogP contribution >= 0.6 is 17.0 Å². The van der Waals surface area contributed by atoms with Crippen LogP contribution in [0.25, 0.3) is 0 Å². The minimum atomic E-state index is 0. The van der Waals surface area contributed by atoms with E-state index in [1.807, 2.05) is 0 Å². The first kappa shape index (κ1) is 9.27. The zero-order valence-corrected chi connectivity index (χ0v) is 4.80. The second kappa shape index (κ2) is 8.84. The molecule has 0 atom stereocenters. The van der Waals surface area contributed by atoms with Gasteiger partial charge in [-0.3, -0.25) is 0 Å². The van der Waals surface area contributed by atoms with E-state index in [1.165, 1.54) is 0 Å². The van der Waals surface area contributed by atoms with Crippen molar-refractivity contribution >= 4 is 29.6 Å². The van der Waals surface area contributed by atoms with Gasteiger partial charge in [-0.2, -0.15) is 0 Å². The third kappa shape index (κ3) is 9.17. The first-order valence-electron chi connectivity index (χ1n) is 1.29. The Morgan fingerprint density at radius 3 is 1.50 bits per heavy atom. The van der Waals surface area contributed by atoms with E-state index in [-0.39, 0.29) is 23.4 Å². The highest BCUT2D eigenvalue weighted by Gasteiger charge is 1.65. The van der Waals surface area contributed by atoms with Crippen molar-refractivity contribution in [2.75, 3.05) is 0 Å². The highest BCUT2D eigenvalue weighted by Crippen LogP contribution is 1.50. The van der Waals surface area contributed by atoms with Gasteiger partial charge in [0.2, 0.25) is 0 Å². The molecule has 0 aliphatic heterocycles. The van der Waals surface area contributed by atoms with Crippen LogP contribution in [0.1, 0.15) is 6.42 Å². The van der Waals surface area contributed by atoms with E-state index < -0.39 is 0 Å². The Morgan fingerprint density at radius 1 is 1.17 bits per heavy atom. The molecular formula is C3H5BrO2. The van der Waals surface area contributed by atoms with Gasteiger partial charge in [-0.25, -0.2) is 0 Å². The van der Waals surface area contributed by atoms with Crippen molar-refractivity contribution in [3.05, 3.63) is 0 Å². The van der Waals surface area contributed by atoms with E-state index >= 15 is 0 Å². The van der Waals surface area contributed by atoms with Crippen LogP contribution in [0.3, 0.4) is 0 Å². The normalized spacial score (nSPS) is 5.33. The number of rotatable bonds is 2. The summed E-state index contributed by atoms with van der Waals surface area (Å²) in [5.74, 6) is 0. The summed E-state index contributed by atoms with van der Waals surface area (Å²) in [6.45, 7) is 0. The van der Waals surface area contributed by atoms with Crippen molar-refractivity contribution < 1.29 is 9.59 Å². The van der Waals surface area contributed by atoms with Crippen molar-refractivity contribution in [1.29, 1.82) is 0 Å². The summed E-state index contributed by atoms with van der Waals surface area (Å²) < 4.78 is 0. The summed E-state index contributed by atoms with van der Waals surface area (Å²) in [6.07, 6.45) is 1.15. The van der Waals surface area contributed by atoms with E-state index in [0.717, 1.165) is 0 Å². The second-order valence-electron chi connectivity index (χ2n) is 0.569. The molecule has 0 aliphatic rings. The average Bonchev–Trinajstić information content (AvgIpc) is 1.41. The van der Waals surface area contributed by atoms with Gasteiger partial charge >= 0.3 is 0 Å². The summed E-state index contributed by atoms with van der Waals surface area (Å²) in [5, 5.41) is 0. The Balaban J connectivity index is 0. The van der Waals surface area contributed by atoms with Crippen LogP contribution in [0.4, 0.5) is 0 Å². The first-order valence-corrected chi connectivity index (χ1v) is 1.29. The lowest BCUT2D eigenvalue weighted by atomic mass is 10.6. The Hall–Kier alpha value is -0.180. The quantitative estimate of drug-likeness (QED) is 0.423. The molecular weight excluding hydrogens is 148 g/mol. The molecule has 0 saturated heterocycles. The van der Waals surface area contributed by atoms with Crippen LogP contribution in [-0.4, -0.2) is 12.6 Å². The van der Waals surface area contributed by atoms with Gasteiger partial charge in [0.05, 0.1) is 6.42 Å². The van der Waals surface area contributed by atoms with Gasteiger partial charge < -0.3 is 9.59 Å². The highest BCUT2D eigenvalue weighted by atomic mass is 79.9. The lowest BCUT2D eigenvalue weighted by Gasteiger charge is -1.53. The predicted molar refractivity (Wildman–Crippen MR) is 27.1 cm³/mol. The molecule has 0 aromatic rings. The zero-order chi connectivity index (χ0) is 4.12. The molecule has 0 rings (SSSR count). The minimum Gasteiger partial charge on any atom is -0.303 e. The molecule has 2 nitrogen and oxygen atoms in total. The van der Waals surface area contributed by atoms with Crippen LogP contribution in [0.2, 0.25) is 0 Å². The molecule has 0 bridgehead atoms. The van der Waals surface area contributed by atoms with Crippen LogP contribution in [0.5, 0.6) is 0 Å². The van der Waals surface area contributed by atoms with Crippen LogP contribution < -0.4 is 0 Å². The first-order chi connectivity index (χ1) is 2.41. The third-order valence-corrected chi connectivity index (χ3v) is 0.192. The third-order valence-electron chi connectivity index (χ3n) is 0.192. The maximum Gasteiger partial charge on any atom is 0.127 e. The molecule has 0 heterocycles. The van der Waals surface area contributed by atoms with Crippen LogP contribution in [0.15, 0.2) is 0 Å². The SMILES string of the molecule is Br.O=CCC=O. The number of hydrogen-bond acceptors (Lipinski definition) is 2. The van der Waals surface area contributed by atoms with Crippen LogP contribution in [-0.2, 0) is 9.59 Å². The molecule has 0 N–H and O–H groups in total. The van der Waals surface area contributed by atoms with Crippen molar-refractivity contribution in [2.24, 2.45) is 0 Å². The minimum absolute atomic E-state index is 0. The molecule has 0 saturated carbocycles. The van der Waals surface area contributed by atoms with Gasteiger partial charge in [0.25, 0.3) is 0 Å².